The number of benzene rings is 2. The van der Waals surface area contributed by atoms with Crippen LogP contribution >= 0.6 is 0 Å². The molecule has 0 aliphatic carbocycles. The molecule has 1 aromatic heterocycles. The molecule has 3 aromatic rings. The standard InChI is InChI=1S/C19H19N3O5S/c1-3-27-19(24)21-16-10-9-15(11-13(16)2)28(25,26)22-12-17(20-18(22)23)14-7-5-4-6-8-14/h4-12H,3H2,1-2H3,(H,20,23)(H,21,24). The topological polar surface area (TPSA) is 110 Å². The molecular weight excluding hydrogens is 382 g/mol. The number of aromatic amines is 1. The minimum Gasteiger partial charge on any atom is -0.450 e. The van der Waals surface area contributed by atoms with Crippen LogP contribution in [0.2, 0.25) is 0 Å². The first kappa shape index (κ1) is 19.4. The lowest BCUT2D eigenvalue weighted by Crippen LogP contribution is -2.24. The van der Waals surface area contributed by atoms with Crippen molar-refractivity contribution in [2.45, 2.75) is 18.7 Å². The number of carbonyl (C=O) groups excluding carboxylic acids is 1. The predicted molar refractivity (Wildman–Crippen MR) is 105 cm³/mol. The predicted octanol–water partition coefficient (Wildman–Crippen LogP) is 2.96. The summed E-state index contributed by atoms with van der Waals surface area (Å²) in [7, 11) is -4.11. The van der Waals surface area contributed by atoms with Gasteiger partial charge in [0.05, 0.1) is 23.4 Å². The average Bonchev–Trinajstić information content (AvgIpc) is 3.07. The number of hydrogen-bond acceptors (Lipinski definition) is 5. The Bertz CT molecular complexity index is 1160. The smallest absolute Gasteiger partial charge is 0.411 e. The van der Waals surface area contributed by atoms with Gasteiger partial charge in [0.1, 0.15) is 0 Å². The Morgan fingerprint density at radius 3 is 2.54 bits per heavy atom. The van der Waals surface area contributed by atoms with Gasteiger partial charge < -0.3 is 9.72 Å². The number of H-pyrrole nitrogens is 1. The van der Waals surface area contributed by atoms with E-state index in [1.165, 1.54) is 24.4 Å². The van der Waals surface area contributed by atoms with Crippen LogP contribution in [0.4, 0.5) is 10.5 Å². The van der Waals surface area contributed by atoms with E-state index in [4.69, 9.17) is 4.74 Å². The summed E-state index contributed by atoms with van der Waals surface area (Å²) < 4.78 is 31.3. The molecule has 146 valence electrons. The van der Waals surface area contributed by atoms with E-state index >= 15 is 0 Å². The van der Waals surface area contributed by atoms with Gasteiger partial charge >= 0.3 is 11.8 Å². The van der Waals surface area contributed by atoms with Crippen LogP contribution < -0.4 is 11.0 Å². The van der Waals surface area contributed by atoms with Crippen molar-refractivity contribution in [2.75, 3.05) is 11.9 Å². The van der Waals surface area contributed by atoms with E-state index < -0.39 is 21.8 Å². The Morgan fingerprint density at radius 2 is 1.89 bits per heavy atom. The quantitative estimate of drug-likeness (QED) is 0.683. The monoisotopic (exact) mass is 401 g/mol. The molecule has 0 radical (unpaired) electrons. The SMILES string of the molecule is CCOC(=O)Nc1ccc(S(=O)(=O)n2cc(-c3ccccc3)[nH]c2=O)cc1C. The second kappa shape index (κ2) is 7.73. The highest BCUT2D eigenvalue weighted by atomic mass is 32.2. The molecule has 0 aliphatic rings. The van der Waals surface area contributed by atoms with Crippen LogP contribution in [0.3, 0.4) is 0 Å². The first-order valence-electron chi connectivity index (χ1n) is 8.50. The molecule has 0 spiro atoms. The molecule has 9 heteroatoms. The van der Waals surface area contributed by atoms with E-state index in [0.29, 0.717) is 26.5 Å². The number of aryl methyl sites for hydroxylation is 1. The Balaban J connectivity index is 1.96. The van der Waals surface area contributed by atoms with Crippen LogP contribution in [0.1, 0.15) is 12.5 Å². The molecule has 0 atom stereocenters. The van der Waals surface area contributed by atoms with Crippen LogP contribution in [0.25, 0.3) is 11.3 Å². The molecule has 8 nitrogen and oxygen atoms in total. The third-order valence-electron chi connectivity index (χ3n) is 4.04. The average molecular weight is 401 g/mol. The van der Waals surface area contributed by atoms with Crippen molar-refractivity contribution in [1.29, 1.82) is 0 Å². The van der Waals surface area contributed by atoms with Gasteiger partial charge in [-0.3, -0.25) is 5.32 Å². The zero-order chi connectivity index (χ0) is 20.3. The summed E-state index contributed by atoms with van der Waals surface area (Å²) in [5.74, 6) is 0. The van der Waals surface area contributed by atoms with Gasteiger partial charge in [0.2, 0.25) is 0 Å². The highest BCUT2D eigenvalue weighted by Crippen LogP contribution is 2.22. The highest BCUT2D eigenvalue weighted by molar-refractivity contribution is 7.90. The summed E-state index contributed by atoms with van der Waals surface area (Å²) in [5.41, 5.74) is 1.26. The summed E-state index contributed by atoms with van der Waals surface area (Å²) >= 11 is 0. The van der Waals surface area contributed by atoms with Gasteiger partial charge in [-0.1, -0.05) is 30.3 Å². The Kier molecular flexibility index (Phi) is 5.36. The summed E-state index contributed by atoms with van der Waals surface area (Å²) in [4.78, 5) is 26.3. The second-order valence-corrected chi connectivity index (χ2v) is 7.78. The molecule has 28 heavy (non-hydrogen) atoms. The number of nitrogens with zero attached hydrogens (tertiary/aromatic N) is 1. The van der Waals surface area contributed by atoms with E-state index in [2.05, 4.69) is 10.3 Å². The lowest BCUT2D eigenvalue weighted by molar-refractivity contribution is 0.168. The molecule has 0 fully saturated rings. The highest BCUT2D eigenvalue weighted by Gasteiger charge is 2.22. The first-order valence-corrected chi connectivity index (χ1v) is 9.94. The number of nitrogens with one attached hydrogen (secondary N) is 2. The van der Waals surface area contributed by atoms with Crippen LogP contribution in [-0.2, 0) is 14.8 Å². The fourth-order valence-electron chi connectivity index (χ4n) is 2.65. The van der Waals surface area contributed by atoms with Gasteiger partial charge in [-0.05, 0) is 43.2 Å². The molecule has 0 saturated heterocycles. The summed E-state index contributed by atoms with van der Waals surface area (Å²) in [5, 5.41) is 2.54. The van der Waals surface area contributed by atoms with Crippen molar-refractivity contribution in [3.8, 4) is 11.3 Å². The summed E-state index contributed by atoms with van der Waals surface area (Å²) in [6.07, 6.45) is 0.628. The van der Waals surface area contributed by atoms with Crippen LogP contribution in [-0.4, -0.2) is 30.1 Å². The van der Waals surface area contributed by atoms with Crippen LogP contribution in [0.15, 0.2) is 64.4 Å². The van der Waals surface area contributed by atoms with Crippen LogP contribution in [0, 0.1) is 6.92 Å². The normalized spacial score (nSPS) is 11.2. The Morgan fingerprint density at radius 1 is 1.18 bits per heavy atom. The molecule has 3 rings (SSSR count). The molecule has 0 saturated carbocycles. The van der Waals surface area contributed by atoms with Crippen molar-refractivity contribution < 1.29 is 17.9 Å². The molecule has 2 aromatic carbocycles. The maximum atomic E-state index is 12.9. The molecular formula is C19H19N3O5S. The number of rotatable bonds is 5. The van der Waals surface area contributed by atoms with Crippen molar-refractivity contribution in [3.63, 3.8) is 0 Å². The zero-order valence-corrected chi connectivity index (χ0v) is 16.1. The van der Waals surface area contributed by atoms with Gasteiger partial charge in [0.25, 0.3) is 10.0 Å². The zero-order valence-electron chi connectivity index (χ0n) is 15.3. The fraction of sp³-hybridized carbons (Fsp3) is 0.158. The minimum absolute atomic E-state index is 0.0693. The lowest BCUT2D eigenvalue weighted by atomic mass is 10.2. The third-order valence-corrected chi connectivity index (χ3v) is 5.68. The molecule has 1 heterocycles. The first-order chi connectivity index (χ1) is 13.3. The van der Waals surface area contributed by atoms with Gasteiger partial charge in [-0.15, -0.1) is 0 Å². The van der Waals surface area contributed by atoms with Crippen molar-refractivity contribution in [1.82, 2.24) is 8.96 Å². The number of anilines is 1. The second-order valence-electron chi connectivity index (χ2n) is 5.96. The van der Waals surface area contributed by atoms with E-state index in [0.717, 1.165) is 0 Å². The number of amides is 1. The summed E-state index contributed by atoms with van der Waals surface area (Å²) in [6, 6.07) is 13.1. The number of aromatic nitrogens is 2. The number of hydrogen-bond donors (Lipinski definition) is 2. The number of carbonyl (C=O) groups is 1. The third kappa shape index (κ3) is 3.84. The fourth-order valence-corrected chi connectivity index (χ4v) is 3.95. The molecule has 1 amide bonds. The Labute approximate surface area is 161 Å². The van der Waals surface area contributed by atoms with Crippen molar-refractivity contribution in [3.05, 3.63) is 70.8 Å². The van der Waals surface area contributed by atoms with Crippen molar-refractivity contribution >= 4 is 21.8 Å². The van der Waals surface area contributed by atoms with Gasteiger partial charge in [-0.2, -0.15) is 3.97 Å². The van der Waals surface area contributed by atoms with E-state index in [1.807, 2.05) is 6.07 Å². The van der Waals surface area contributed by atoms with Gasteiger partial charge in [0, 0.05) is 5.69 Å². The van der Waals surface area contributed by atoms with Gasteiger partial charge in [-0.25, -0.2) is 18.0 Å². The molecule has 0 aliphatic heterocycles. The van der Waals surface area contributed by atoms with Crippen LogP contribution in [0.5, 0.6) is 0 Å². The van der Waals surface area contributed by atoms with E-state index in [1.54, 1.807) is 38.1 Å². The number of imidazole rings is 1. The van der Waals surface area contributed by atoms with E-state index in [9.17, 15) is 18.0 Å². The maximum Gasteiger partial charge on any atom is 0.411 e. The lowest BCUT2D eigenvalue weighted by Gasteiger charge is -2.10. The number of ether oxygens (including phenoxy) is 1. The maximum absolute atomic E-state index is 12.9. The molecule has 2 N–H and O–H groups in total. The van der Waals surface area contributed by atoms with Crippen molar-refractivity contribution in [2.24, 2.45) is 0 Å². The van der Waals surface area contributed by atoms with E-state index in [-0.39, 0.29) is 11.5 Å². The minimum atomic E-state index is -4.11. The Hall–Kier alpha value is -3.33. The summed E-state index contributed by atoms with van der Waals surface area (Å²) in [6.45, 7) is 3.55. The molecule has 0 unspecified atom stereocenters. The van der Waals surface area contributed by atoms with Gasteiger partial charge in [0.15, 0.2) is 0 Å². The molecule has 0 bridgehead atoms. The largest absolute Gasteiger partial charge is 0.450 e.